The fourth-order valence-electron chi connectivity index (χ4n) is 4.20. The average molecular weight is 462 g/mol. The van der Waals surface area contributed by atoms with Gasteiger partial charge in [0.05, 0.1) is 23.6 Å². The van der Waals surface area contributed by atoms with Gasteiger partial charge in [-0.05, 0) is 34.4 Å². The lowest BCUT2D eigenvalue weighted by molar-refractivity contribution is -0.384. The summed E-state index contributed by atoms with van der Waals surface area (Å²) < 4.78 is 10.7. The number of carboxylic acid groups (broad SMARTS) is 1. The summed E-state index contributed by atoms with van der Waals surface area (Å²) in [5, 5.41) is 20.8. The summed E-state index contributed by atoms with van der Waals surface area (Å²) in [6, 6.07) is 19.2. The Hall–Kier alpha value is -4.24. The summed E-state index contributed by atoms with van der Waals surface area (Å²) in [7, 11) is 1.44. The summed E-state index contributed by atoms with van der Waals surface area (Å²) in [5.41, 5.74) is 3.41. The van der Waals surface area contributed by atoms with Crippen molar-refractivity contribution in [1.29, 1.82) is 0 Å². The maximum Gasteiger partial charge on any atom is 0.414 e. The first-order chi connectivity index (χ1) is 16.4. The maximum atomic E-state index is 13.1. The quantitative estimate of drug-likeness (QED) is 0.381. The molecule has 0 atom stereocenters. The minimum atomic E-state index is -1.31. The molecule has 34 heavy (non-hydrogen) atoms. The van der Waals surface area contributed by atoms with Crippen LogP contribution in [0.15, 0.2) is 66.7 Å². The highest BCUT2D eigenvalue weighted by Crippen LogP contribution is 2.44. The van der Waals surface area contributed by atoms with Crippen molar-refractivity contribution >= 4 is 23.4 Å². The molecule has 1 aliphatic carbocycles. The number of methoxy groups -OCH3 is 1. The Morgan fingerprint density at radius 1 is 1.03 bits per heavy atom. The number of carboxylic acids is 1. The number of aromatic carboxylic acids is 1. The molecule has 9 nitrogen and oxygen atoms in total. The van der Waals surface area contributed by atoms with Crippen LogP contribution in [0.5, 0.6) is 0 Å². The van der Waals surface area contributed by atoms with Gasteiger partial charge in [-0.1, -0.05) is 48.5 Å². The Kier molecular flexibility index (Phi) is 6.55. The number of rotatable bonds is 8. The number of nitro benzene ring substituents is 1. The van der Waals surface area contributed by atoms with Crippen LogP contribution in [0, 0.1) is 10.1 Å². The van der Waals surface area contributed by atoms with E-state index in [0.29, 0.717) is 0 Å². The van der Waals surface area contributed by atoms with E-state index in [9.17, 15) is 24.8 Å². The number of amides is 1. The monoisotopic (exact) mass is 462 g/mol. The van der Waals surface area contributed by atoms with Gasteiger partial charge in [-0.2, -0.15) is 0 Å². The van der Waals surface area contributed by atoms with Crippen molar-refractivity contribution in [1.82, 2.24) is 0 Å². The van der Waals surface area contributed by atoms with Crippen molar-refractivity contribution < 1.29 is 29.1 Å². The van der Waals surface area contributed by atoms with Crippen molar-refractivity contribution in [3.05, 3.63) is 93.5 Å². The van der Waals surface area contributed by atoms with Gasteiger partial charge in [0.15, 0.2) is 0 Å². The SMILES string of the molecule is COCCN(C(=O)OCC1c2ccccc2-c2ccccc21)c1ccc(C(=O)O)cc1[N+](=O)[O-]. The highest BCUT2D eigenvalue weighted by atomic mass is 16.6. The zero-order chi connectivity index (χ0) is 24.2. The largest absolute Gasteiger partial charge is 0.478 e. The van der Waals surface area contributed by atoms with E-state index >= 15 is 0 Å². The number of hydrogen-bond acceptors (Lipinski definition) is 6. The second-order valence-corrected chi connectivity index (χ2v) is 7.71. The van der Waals surface area contributed by atoms with Crippen LogP contribution in [0.25, 0.3) is 11.1 Å². The van der Waals surface area contributed by atoms with Gasteiger partial charge in [-0.15, -0.1) is 0 Å². The highest BCUT2D eigenvalue weighted by Gasteiger charge is 2.31. The lowest BCUT2D eigenvalue weighted by atomic mass is 9.98. The van der Waals surface area contributed by atoms with Crippen LogP contribution in [0.1, 0.15) is 27.4 Å². The maximum absolute atomic E-state index is 13.1. The normalized spacial score (nSPS) is 12.0. The van der Waals surface area contributed by atoms with E-state index < -0.39 is 22.7 Å². The third kappa shape index (κ3) is 4.33. The standard InChI is InChI=1S/C25H22N2O7/c1-33-13-12-26(22-11-10-16(24(28)29)14-23(22)27(31)32)25(30)34-15-21-19-8-4-2-6-17(19)18-7-3-5-9-20(18)21/h2-11,14,21H,12-13,15H2,1H3,(H,28,29). The van der Waals surface area contributed by atoms with Crippen molar-refractivity contribution in [2.24, 2.45) is 0 Å². The number of hydrogen-bond donors (Lipinski definition) is 1. The van der Waals surface area contributed by atoms with Crippen LogP contribution in [-0.4, -0.2) is 49.0 Å². The van der Waals surface area contributed by atoms with Crippen molar-refractivity contribution in [2.45, 2.75) is 5.92 Å². The van der Waals surface area contributed by atoms with Crippen LogP contribution >= 0.6 is 0 Å². The first-order valence-electron chi connectivity index (χ1n) is 10.6. The van der Waals surface area contributed by atoms with Crippen LogP contribution in [-0.2, 0) is 9.47 Å². The Balaban J connectivity index is 1.62. The molecule has 0 fully saturated rings. The Morgan fingerprint density at radius 2 is 1.65 bits per heavy atom. The third-order valence-corrected chi connectivity index (χ3v) is 5.79. The molecule has 3 aromatic rings. The number of carbonyl (C=O) groups is 2. The molecule has 1 aliphatic rings. The molecule has 0 heterocycles. The minimum absolute atomic E-state index is 0.0135. The molecule has 0 aliphatic heterocycles. The second-order valence-electron chi connectivity index (χ2n) is 7.71. The zero-order valence-electron chi connectivity index (χ0n) is 18.3. The molecular weight excluding hydrogens is 440 g/mol. The average Bonchev–Trinajstić information content (AvgIpc) is 3.16. The number of fused-ring (bicyclic) bond motifs is 3. The molecule has 0 spiro atoms. The molecule has 0 unspecified atom stereocenters. The molecule has 0 radical (unpaired) electrons. The number of anilines is 1. The van der Waals surface area contributed by atoms with Crippen LogP contribution < -0.4 is 4.90 Å². The fourth-order valence-corrected chi connectivity index (χ4v) is 4.20. The molecule has 1 N–H and O–H groups in total. The predicted molar refractivity (Wildman–Crippen MR) is 124 cm³/mol. The van der Waals surface area contributed by atoms with Gasteiger partial charge >= 0.3 is 12.1 Å². The van der Waals surface area contributed by atoms with Gasteiger partial charge in [-0.3, -0.25) is 15.0 Å². The molecule has 0 bridgehead atoms. The Morgan fingerprint density at radius 3 is 2.21 bits per heavy atom. The van der Waals surface area contributed by atoms with Gasteiger partial charge in [0, 0.05) is 19.1 Å². The molecule has 4 rings (SSSR count). The van der Waals surface area contributed by atoms with E-state index in [1.54, 1.807) is 0 Å². The van der Waals surface area contributed by atoms with E-state index in [1.165, 1.54) is 19.2 Å². The molecule has 0 aromatic heterocycles. The van der Waals surface area contributed by atoms with Gasteiger partial charge < -0.3 is 14.6 Å². The number of nitrogens with zero attached hydrogens (tertiary/aromatic N) is 2. The molecule has 9 heteroatoms. The smallest absolute Gasteiger partial charge is 0.414 e. The molecule has 0 saturated carbocycles. The summed E-state index contributed by atoms with van der Waals surface area (Å²) >= 11 is 0. The first-order valence-corrected chi connectivity index (χ1v) is 10.6. The Labute approximate surface area is 195 Å². The molecular formula is C25H22N2O7. The van der Waals surface area contributed by atoms with Gasteiger partial charge in [-0.25, -0.2) is 9.59 Å². The summed E-state index contributed by atoms with van der Waals surface area (Å²) in [4.78, 5) is 36.4. The van der Waals surface area contributed by atoms with E-state index in [2.05, 4.69) is 0 Å². The van der Waals surface area contributed by atoms with Crippen molar-refractivity contribution in [3.8, 4) is 11.1 Å². The lowest BCUT2D eigenvalue weighted by Crippen LogP contribution is -2.35. The predicted octanol–water partition coefficient (Wildman–Crippen LogP) is 4.69. The molecule has 3 aromatic carbocycles. The van der Waals surface area contributed by atoms with Gasteiger partial charge in [0.1, 0.15) is 12.3 Å². The molecule has 174 valence electrons. The first kappa shape index (κ1) is 22.9. The van der Waals surface area contributed by atoms with Crippen molar-refractivity contribution in [3.63, 3.8) is 0 Å². The number of ether oxygens (including phenoxy) is 2. The van der Waals surface area contributed by atoms with E-state index in [-0.39, 0.29) is 36.9 Å². The molecule has 0 saturated heterocycles. The second kappa shape index (κ2) is 9.72. The minimum Gasteiger partial charge on any atom is -0.478 e. The fraction of sp³-hybridized carbons (Fsp3) is 0.200. The number of nitro groups is 1. The number of benzene rings is 3. The number of carbonyl (C=O) groups excluding carboxylic acids is 1. The van der Waals surface area contributed by atoms with Crippen LogP contribution in [0.4, 0.5) is 16.2 Å². The Bertz CT molecular complexity index is 1210. The molecule has 1 amide bonds. The zero-order valence-corrected chi connectivity index (χ0v) is 18.3. The van der Waals surface area contributed by atoms with Gasteiger partial charge in [0.25, 0.3) is 5.69 Å². The van der Waals surface area contributed by atoms with Crippen molar-refractivity contribution in [2.75, 3.05) is 31.8 Å². The highest BCUT2D eigenvalue weighted by molar-refractivity contribution is 5.94. The van der Waals surface area contributed by atoms with E-state index in [1.807, 2.05) is 48.5 Å². The van der Waals surface area contributed by atoms with Crippen LogP contribution in [0.3, 0.4) is 0 Å². The van der Waals surface area contributed by atoms with E-state index in [4.69, 9.17) is 9.47 Å². The summed E-state index contributed by atoms with van der Waals surface area (Å²) in [6.45, 7) is 0.125. The van der Waals surface area contributed by atoms with Crippen LogP contribution in [0.2, 0.25) is 0 Å². The summed E-state index contributed by atoms with van der Waals surface area (Å²) in [6.07, 6.45) is -0.787. The van der Waals surface area contributed by atoms with Gasteiger partial charge in [0.2, 0.25) is 0 Å². The van der Waals surface area contributed by atoms with E-state index in [0.717, 1.165) is 33.2 Å². The third-order valence-electron chi connectivity index (χ3n) is 5.79. The lowest BCUT2D eigenvalue weighted by Gasteiger charge is -2.23. The topological polar surface area (TPSA) is 119 Å². The summed E-state index contributed by atoms with van der Waals surface area (Å²) in [5.74, 6) is -1.48.